The average molecular weight is 523 g/mol. The summed E-state index contributed by atoms with van der Waals surface area (Å²) in [7, 11) is 3.12. The van der Waals surface area contributed by atoms with Crippen molar-refractivity contribution in [3.8, 4) is 11.5 Å². The van der Waals surface area contributed by atoms with Gasteiger partial charge in [0.2, 0.25) is 0 Å². The van der Waals surface area contributed by atoms with Gasteiger partial charge < -0.3 is 24.4 Å². The van der Waals surface area contributed by atoms with Crippen LogP contribution in [0.25, 0.3) is 5.76 Å². The molecule has 1 aliphatic heterocycles. The van der Waals surface area contributed by atoms with E-state index >= 15 is 0 Å². The zero-order chi connectivity index (χ0) is 27.7. The summed E-state index contributed by atoms with van der Waals surface area (Å²) in [5, 5.41) is 11.3. The normalized spacial score (nSPS) is 16.9. The molecule has 1 aliphatic rings. The van der Waals surface area contributed by atoms with Gasteiger partial charge >= 0.3 is 0 Å². The molecule has 0 aromatic heterocycles. The molecule has 1 atom stereocenters. The predicted octanol–water partition coefficient (Wildman–Crippen LogP) is 5.73. The van der Waals surface area contributed by atoms with Crippen LogP contribution in [0.1, 0.15) is 68.7 Å². The quantitative estimate of drug-likeness (QED) is 0.194. The van der Waals surface area contributed by atoms with Crippen molar-refractivity contribution in [1.82, 2.24) is 9.80 Å². The fraction of sp³-hybridized carbons (Fsp3) is 0.484. The molecule has 0 bridgehead atoms. The van der Waals surface area contributed by atoms with E-state index in [-0.39, 0.29) is 11.3 Å². The fourth-order valence-corrected chi connectivity index (χ4v) is 4.92. The Bertz CT molecular complexity index is 1120. The van der Waals surface area contributed by atoms with E-state index in [0.29, 0.717) is 35.6 Å². The summed E-state index contributed by atoms with van der Waals surface area (Å²) in [6.45, 7) is 9.60. The lowest BCUT2D eigenvalue weighted by Gasteiger charge is -2.28. The van der Waals surface area contributed by atoms with E-state index in [1.807, 2.05) is 19.1 Å². The second-order valence-corrected chi connectivity index (χ2v) is 9.87. The molecule has 2 aromatic rings. The highest BCUT2D eigenvalue weighted by molar-refractivity contribution is 6.46. The molecule has 7 nitrogen and oxygen atoms in total. The Labute approximate surface area is 227 Å². The van der Waals surface area contributed by atoms with Gasteiger partial charge in [-0.1, -0.05) is 56.5 Å². The summed E-state index contributed by atoms with van der Waals surface area (Å²) in [5.74, 6) is -0.390. The largest absolute Gasteiger partial charge is 0.507 e. The van der Waals surface area contributed by atoms with Crippen LogP contribution in [0.15, 0.2) is 48.0 Å². The third-order valence-corrected chi connectivity index (χ3v) is 7.13. The number of methoxy groups -OCH3 is 2. The molecule has 1 amide bonds. The molecule has 0 aliphatic carbocycles. The summed E-state index contributed by atoms with van der Waals surface area (Å²) in [6.07, 6.45) is 5.24. The Morgan fingerprint density at radius 3 is 2.13 bits per heavy atom. The number of likely N-dealkylation sites (tertiary alicyclic amines) is 1. The standard InChI is InChI=1S/C31H42N2O5/c1-6-8-17-32(18-9-7-2)19-10-20-33-28(25-21-24(37-4)15-16-26(25)38-5)27(30(35)31(33)36)29(34)23-13-11-22(3)12-14-23/h11-16,21,28,34H,6-10,17-20H2,1-5H3/b29-27+. The predicted molar refractivity (Wildman–Crippen MR) is 151 cm³/mol. The number of carbonyl (C=O) groups is 2. The molecule has 1 heterocycles. The molecular formula is C31H42N2O5. The Morgan fingerprint density at radius 1 is 0.921 bits per heavy atom. The Hall–Kier alpha value is -3.32. The molecule has 1 unspecified atom stereocenters. The highest BCUT2D eigenvalue weighted by Gasteiger charge is 2.47. The van der Waals surface area contributed by atoms with E-state index < -0.39 is 17.7 Å². The first-order chi connectivity index (χ1) is 18.4. The number of amides is 1. The first-order valence-electron chi connectivity index (χ1n) is 13.7. The van der Waals surface area contributed by atoms with Crippen molar-refractivity contribution in [1.29, 1.82) is 0 Å². The second-order valence-electron chi connectivity index (χ2n) is 9.87. The number of aryl methyl sites for hydroxylation is 1. The molecule has 0 spiro atoms. The van der Waals surface area contributed by atoms with E-state index in [1.54, 1.807) is 49.5 Å². The number of rotatable bonds is 14. The molecule has 1 N–H and O–H groups in total. The summed E-state index contributed by atoms with van der Waals surface area (Å²) in [4.78, 5) is 30.9. The lowest BCUT2D eigenvalue weighted by molar-refractivity contribution is -0.140. The number of nitrogens with zero attached hydrogens (tertiary/aromatic N) is 2. The van der Waals surface area contributed by atoms with E-state index in [2.05, 4.69) is 18.7 Å². The lowest BCUT2D eigenvalue weighted by atomic mass is 9.94. The molecule has 0 radical (unpaired) electrons. The van der Waals surface area contributed by atoms with Crippen molar-refractivity contribution in [3.63, 3.8) is 0 Å². The molecular weight excluding hydrogens is 480 g/mol. The van der Waals surface area contributed by atoms with E-state index in [9.17, 15) is 14.7 Å². The summed E-state index contributed by atoms with van der Waals surface area (Å²) in [5.41, 5.74) is 2.20. The van der Waals surface area contributed by atoms with Crippen molar-refractivity contribution in [3.05, 3.63) is 64.7 Å². The fourth-order valence-electron chi connectivity index (χ4n) is 4.92. The Morgan fingerprint density at radius 2 is 1.55 bits per heavy atom. The van der Waals surface area contributed by atoms with E-state index in [0.717, 1.165) is 50.9 Å². The van der Waals surface area contributed by atoms with Crippen LogP contribution in [-0.4, -0.2) is 67.0 Å². The third-order valence-electron chi connectivity index (χ3n) is 7.13. The number of ether oxygens (including phenoxy) is 2. The van der Waals surface area contributed by atoms with Gasteiger partial charge in [-0.05, 0) is 64.0 Å². The first kappa shape index (κ1) is 29.2. The Balaban J connectivity index is 2.02. The summed E-state index contributed by atoms with van der Waals surface area (Å²) in [6, 6.07) is 11.8. The van der Waals surface area contributed by atoms with Gasteiger partial charge in [-0.2, -0.15) is 0 Å². The van der Waals surface area contributed by atoms with Gasteiger partial charge in [0, 0.05) is 17.7 Å². The maximum Gasteiger partial charge on any atom is 0.295 e. The highest BCUT2D eigenvalue weighted by Crippen LogP contribution is 2.44. The number of benzene rings is 2. The van der Waals surface area contributed by atoms with Crippen molar-refractivity contribution in [2.45, 2.75) is 58.9 Å². The number of carbonyl (C=O) groups excluding carboxylic acids is 2. The maximum absolute atomic E-state index is 13.4. The number of ketones is 1. The van der Waals surface area contributed by atoms with Crippen LogP contribution in [-0.2, 0) is 9.59 Å². The van der Waals surface area contributed by atoms with E-state index in [4.69, 9.17) is 9.47 Å². The minimum atomic E-state index is -0.791. The zero-order valence-corrected chi connectivity index (χ0v) is 23.5. The van der Waals surface area contributed by atoms with Crippen LogP contribution in [0, 0.1) is 6.92 Å². The summed E-state index contributed by atoms with van der Waals surface area (Å²) < 4.78 is 11.1. The Kier molecular flexibility index (Phi) is 10.8. The van der Waals surface area contributed by atoms with Crippen LogP contribution in [0.4, 0.5) is 0 Å². The van der Waals surface area contributed by atoms with Crippen molar-refractivity contribution in [2.24, 2.45) is 0 Å². The molecule has 1 fully saturated rings. The molecule has 3 rings (SSSR count). The van der Waals surface area contributed by atoms with Gasteiger partial charge in [0.05, 0.1) is 25.8 Å². The van der Waals surface area contributed by atoms with Gasteiger partial charge in [0.15, 0.2) is 0 Å². The number of aliphatic hydroxyl groups is 1. The van der Waals surface area contributed by atoms with Crippen molar-refractivity contribution < 1.29 is 24.2 Å². The van der Waals surface area contributed by atoms with E-state index in [1.165, 1.54) is 0 Å². The van der Waals surface area contributed by atoms with Crippen molar-refractivity contribution in [2.75, 3.05) is 40.4 Å². The van der Waals surface area contributed by atoms with Crippen LogP contribution in [0.3, 0.4) is 0 Å². The van der Waals surface area contributed by atoms with Gasteiger partial charge in [0.25, 0.3) is 11.7 Å². The zero-order valence-electron chi connectivity index (χ0n) is 23.5. The second kappa shape index (κ2) is 14.0. The van der Waals surface area contributed by atoms with Gasteiger partial charge in [0.1, 0.15) is 17.3 Å². The molecule has 38 heavy (non-hydrogen) atoms. The van der Waals surface area contributed by atoms with Crippen LogP contribution >= 0.6 is 0 Å². The smallest absolute Gasteiger partial charge is 0.295 e. The number of unbranched alkanes of at least 4 members (excludes halogenated alkanes) is 2. The van der Waals surface area contributed by atoms with Crippen molar-refractivity contribution >= 4 is 17.4 Å². The molecule has 0 saturated carbocycles. The van der Waals surface area contributed by atoms with Crippen LogP contribution in [0.2, 0.25) is 0 Å². The monoisotopic (exact) mass is 522 g/mol. The minimum Gasteiger partial charge on any atom is -0.507 e. The van der Waals surface area contributed by atoms with Crippen LogP contribution in [0.5, 0.6) is 11.5 Å². The third kappa shape index (κ3) is 6.76. The minimum absolute atomic E-state index is 0.0687. The number of hydrogen-bond donors (Lipinski definition) is 1. The number of aliphatic hydroxyl groups excluding tert-OH is 1. The van der Waals surface area contributed by atoms with Gasteiger partial charge in [-0.25, -0.2) is 0 Å². The van der Waals surface area contributed by atoms with Gasteiger partial charge in [-0.15, -0.1) is 0 Å². The molecule has 206 valence electrons. The topological polar surface area (TPSA) is 79.3 Å². The average Bonchev–Trinajstić information content (AvgIpc) is 3.18. The SMILES string of the molecule is CCCCN(CCCC)CCCN1C(=O)C(=O)/C(=C(/O)c2ccc(C)cc2)C1c1cc(OC)ccc1OC. The number of hydrogen-bond acceptors (Lipinski definition) is 6. The maximum atomic E-state index is 13.4. The summed E-state index contributed by atoms with van der Waals surface area (Å²) >= 11 is 0. The molecule has 7 heteroatoms. The van der Waals surface area contributed by atoms with Crippen LogP contribution < -0.4 is 9.47 Å². The molecule has 1 saturated heterocycles. The lowest BCUT2D eigenvalue weighted by Crippen LogP contribution is -2.34. The number of Topliss-reactive ketones (excluding diaryl/α,β-unsaturated/α-hetero) is 1. The molecule has 2 aromatic carbocycles. The highest BCUT2D eigenvalue weighted by atomic mass is 16.5. The van der Waals surface area contributed by atoms with Gasteiger partial charge in [-0.3, -0.25) is 9.59 Å². The first-order valence-corrected chi connectivity index (χ1v) is 13.7.